The van der Waals surface area contributed by atoms with Crippen molar-refractivity contribution in [1.29, 1.82) is 0 Å². The molecule has 11 heavy (non-hydrogen) atoms. The lowest BCUT2D eigenvalue weighted by Gasteiger charge is -2.03. The van der Waals surface area contributed by atoms with Crippen molar-refractivity contribution < 1.29 is 9.47 Å². The van der Waals surface area contributed by atoms with E-state index < -0.39 is 0 Å². The molecule has 1 heterocycles. The van der Waals surface area contributed by atoms with Crippen LogP contribution in [0.15, 0.2) is 6.33 Å². The standard InChI is InChI=1S/C6H7ClN2O2/c1-10-5-4(7)6(11-2)9-3-8-5/h3H,1-2H3. The van der Waals surface area contributed by atoms with Gasteiger partial charge in [-0.2, -0.15) is 0 Å². The van der Waals surface area contributed by atoms with Gasteiger partial charge in [-0.05, 0) is 0 Å². The van der Waals surface area contributed by atoms with Crippen molar-refractivity contribution in [2.75, 3.05) is 14.2 Å². The van der Waals surface area contributed by atoms with Crippen molar-refractivity contribution in [3.63, 3.8) is 0 Å². The van der Waals surface area contributed by atoms with E-state index in [1.165, 1.54) is 20.5 Å². The summed E-state index contributed by atoms with van der Waals surface area (Å²) in [6.45, 7) is 0. The van der Waals surface area contributed by atoms with Crippen LogP contribution in [0.2, 0.25) is 5.02 Å². The molecule has 1 aromatic rings. The number of ether oxygens (including phenoxy) is 2. The normalized spacial score (nSPS) is 9.36. The average molecular weight is 175 g/mol. The van der Waals surface area contributed by atoms with Gasteiger partial charge in [0.15, 0.2) is 5.02 Å². The minimum absolute atomic E-state index is 0.289. The highest BCUT2D eigenvalue weighted by molar-refractivity contribution is 6.33. The number of halogens is 1. The third-order valence-corrected chi connectivity index (χ3v) is 1.44. The van der Waals surface area contributed by atoms with Crippen LogP contribution in [-0.4, -0.2) is 24.2 Å². The number of aromatic nitrogens is 2. The molecule has 1 rings (SSSR count). The third kappa shape index (κ3) is 1.51. The first-order valence-electron chi connectivity index (χ1n) is 2.88. The third-order valence-electron chi connectivity index (χ3n) is 1.11. The van der Waals surface area contributed by atoms with E-state index in [0.29, 0.717) is 11.8 Å². The molecule has 1 aromatic heterocycles. The van der Waals surface area contributed by atoms with Crippen LogP contribution < -0.4 is 9.47 Å². The Bertz CT molecular complexity index is 232. The minimum Gasteiger partial charge on any atom is -0.480 e. The van der Waals surface area contributed by atoms with Gasteiger partial charge in [-0.25, -0.2) is 9.97 Å². The number of nitrogens with zero attached hydrogens (tertiary/aromatic N) is 2. The Kier molecular flexibility index (Phi) is 2.48. The fourth-order valence-corrected chi connectivity index (χ4v) is 0.875. The Hall–Kier alpha value is -1.03. The lowest BCUT2D eigenvalue weighted by molar-refractivity contribution is 0.372. The Balaban J connectivity index is 3.10. The molecule has 0 aromatic carbocycles. The molecule has 0 unspecified atom stereocenters. The van der Waals surface area contributed by atoms with Crippen molar-refractivity contribution in [1.82, 2.24) is 9.97 Å². The smallest absolute Gasteiger partial charge is 0.239 e. The van der Waals surface area contributed by atoms with Gasteiger partial charge in [0.2, 0.25) is 11.8 Å². The van der Waals surface area contributed by atoms with Crippen molar-refractivity contribution >= 4 is 11.6 Å². The Morgan fingerprint density at radius 3 is 2.00 bits per heavy atom. The van der Waals surface area contributed by atoms with Crippen LogP contribution in [0.25, 0.3) is 0 Å². The summed E-state index contributed by atoms with van der Waals surface area (Å²) in [4.78, 5) is 7.52. The highest BCUT2D eigenvalue weighted by Crippen LogP contribution is 2.28. The first kappa shape index (κ1) is 8.07. The molecular formula is C6H7ClN2O2. The summed E-state index contributed by atoms with van der Waals surface area (Å²) >= 11 is 5.73. The van der Waals surface area contributed by atoms with Gasteiger partial charge in [0.1, 0.15) is 6.33 Å². The second kappa shape index (κ2) is 3.39. The minimum atomic E-state index is 0.289. The maximum atomic E-state index is 5.73. The monoisotopic (exact) mass is 174 g/mol. The zero-order valence-electron chi connectivity index (χ0n) is 6.17. The van der Waals surface area contributed by atoms with E-state index in [1.54, 1.807) is 0 Å². The van der Waals surface area contributed by atoms with Crippen LogP contribution in [0, 0.1) is 0 Å². The molecule has 0 aliphatic carbocycles. The van der Waals surface area contributed by atoms with E-state index in [-0.39, 0.29) is 5.02 Å². The molecule has 0 amide bonds. The molecule has 5 heteroatoms. The second-order valence-electron chi connectivity index (χ2n) is 1.71. The Labute approximate surface area is 69.1 Å². The number of hydrogen-bond donors (Lipinski definition) is 0. The molecule has 0 aliphatic rings. The van der Waals surface area contributed by atoms with E-state index in [9.17, 15) is 0 Å². The zero-order chi connectivity index (χ0) is 8.27. The highest BCUT2D eigenvalue weighted by atomic mass is 35.5. The molecule has 0 atom stereocenters. The quantitative estimate of drug-likeness (QED) is 0.675. The van der Waals surface area contributed by atoms with Crippen LogP contribution in [-0.2, 0) is 0 Å². The van der Waals surface area contributed by atoms with Crippen LogP contribution in [0.5, 0.6) is 11.8 Å². The van der Waals surface area contributed by atoms with E-state index >= 15 is 0 Å². The van der Waals surface area contributed by atoms with Gasteiger partial charge in [0.25, 0.3) is 0 Å². The lowest BCUT2D eigenvalue weighted by atomic mass is 10.6. The molecule has 60 valence electrons. The molecule has 0 aliphatic heterocycles. The summed E-state index contributed by atoms with van der Waals surface area (Å²) in [5, 5.41) is 0.289. The van der Waals surface area contributed by atoms with E-state index in [0.717, 1.165) is 0 Å². The maximum absolute atomic E-state index is 5.73. The zero-order valence-corrected chi connectivity index (χ0v) is 6.92. The van der Waals surface area contributed by atoms with Gasteiger partial charge in [-0.3, -0.25) is 0 Å². The first-order chi connectivity index (χ1) is 5.29. The summed E-state index contributed by atoms with van der Waals surface area (Å²) < 4.78 is 9.65. The highest BCUT2D eigenvalue weighted by Gasteiger charge is 2.08. The molecule has 0 saturated heterocycles. The van der Waals surface area contributed by atoms with Crippen LogP contribution in [0.3, 0.4) is 0 Å². The summed E-state index contributed by atoms with van der Waals surface area (Å²) in [5.41, 5.74) is 0. The fourth-order valence-electron chi connectivity index (χ4n) is 0.623. The molecule has 0 saturated carbocycles. The van der Waals surface area contributed by atoms with Crippen LogP contribution in [0.1, 0.15) is 0 Å². The van der Waals surface area contributed by atoms with Gasteiger partial charge in [0, 0.05) is 0 Å². The average Bonchev–Trinajstić information content (AvgIpc) is 2.05. The van der Waals surface area contributed by atoms with Crippen molar-refractivity contribution in [3.05, 3.63) is 11.3 Å². The maximum Gasteiger partial charge on any atom is 0.239 e. The second-order valence-corrected chi connectivity index (χ2v) is 2.08. The lowest BCUT2D eigenvalue weighted by Crippen LogP contribution is -1.94. The van der Waals surface area contributed by atoms with Gasteiger partial charge in [-0.15, -0.1) is 0 Å². The Morgan fingerprint density at radius 1 is 1.18 bits per heavy atom. The molecule has 0 spiro atoms. The summed E-state index contributed by atoms with van der Waals surface area (Å²) in [6.07, 6.45) is 1.32. The number of methoxy groups -OCH3 is 2. The predicted molar refractivity (Wildman–Crippen MR) is 40.1 cm³/mol. The largest absolute Gasteiger partial charge is 0.480 e. The number of rotatable bonds is 2. The predicted octanol–water partition coefficient (Wildman–Crippen LogP) is 1.15. The van der Waals surface area contributed by atoms with Crippen molar-refractivity contribution in [2.45, 2.75) is 0 Å². The molecule has 0 N–H and O–H groups in total. The summed E-state index contributed by atoms with van der Waals surface area (Å²) in [5.74, 6) is 0.636. The van der Waals surface area contributed by atoms with Crippen molar-refractivity contribution in [3.8, 4) is 11.8 Å². The van der Waals surface area contributed by atoms with E-state index in [2.05, 4.69) is 9.97 Å². The summed E-state index contributed by atoms with van der Waals surface area (Å²) in [6, 6.07) is 0. The molecule has 0 bridgehead atoms. The topological polar surface area (TPSA) is 44.2 Å². The molecular weight excluding hydrogens is 168 g/mol. The summed E-state index contributed by atoms with van der Waals surface area (Å²) in [7, 11) is 2.96. The van der Waals surface area contributed by atoms with Gasteiger partial charge in [-0.1, -0.05) is 11.6 Å². The van der Waals surface area contributed by atoms with Crippen LogP contribution >= 0.6 is 11.6 Å². The van der Waals surface area contributed by atoms with Crippen molar-refractivity contribution in [2.24, 2.45) is 0 Å². The van der Waals surface area contributed by atoms with E-state index in [4.69, 9.17) is 21.1 Å². The fraction of sp³-hybridized carbons (Fsp3) is 0.333. The molecule has 0 radical (unpaired) electrons. The van der Waals surface area contributed by atoms with Crippen LogP contribution in [0.4, 0.5) is 0 Å². The Morgan fingerprint density at radius 2 is 1.64 bits per heavy atom. The molecule has 0 fully saturated rings. The van der Waals surface area contributed by atoms with E-state index in [1.807, 2.05) is 0 Å². The van der Waals surface area contributed by atoms with Gasteiger partial charge in [0.05, 0.1) is 14.2 Å². The SMILES string of the molecule is COc1ncnc(OC)c1Cl. The molecule has 4 nitrogen and oxygen atoms in total. The van der Waals surface area contributed by atoms with Gasteiger partial charge < -0.3 is 9.47 Å². The van der Waals surface area contributed by atoms with Gasteiger partial charge >= 0.3 is 0 Å². The first-order valence-corrected chi connectivity index (χ1v) is 3.26. The number of hydrogen-bond acceptors (Lipinski definition) is 4.